The van der Waals surface area contributed by atoms with Gasteiger partial charge in [-0.3, -0.25) is 0 Å². The molecule has 0 atom stereocenters. The van der Waals surface area contributed by atoms with Crippen molar-refractivity contribution in [3.05, 3.63) is 63.2 Å². The minimum absolute atomic E-state index is 0.168. The molecule has 0 amide bonds. The number of benzene rings is 2. The van der Waals surface area contributed by atoms with Crippen molar-refractivity contribution >= 4 is 34.5 Å². The van der Waals surface area contributed by atoms with Gasteiger partial charge in [0.25, 0.3) is 0 Å². The van der Waals surface area contributed by atoms with Gasteiger partial charge in [-0.25, -0.2) is 9.59 Å². The van der Waals surface area contributed by atoms with E-state index in [2.05, 4.69) is 22.6 Å². The smallest absolute Gasteiger partial charge is 0.344 e. The van der Waals surface area contributed by atoms with E-state index >= 15 is 0 Å². The third-order valence-electron chi connectivity index (χ3n) is 2.89. The molecule has 0 heterocycles. The van der Waals surface area contributed by atoms with Crippen molar-refractivity contribution in [2.24, 2.45) is 0 Å². The summed E-state index contributed by atoms with van der Waals surface area (Å²) in [5.41, 5.74) is 0.787. The molecule has 0 bridgehead atoms. The predicted molar refractivity (Wildman–Crippen MR) is 92.7 cm³/mol. The highest BCUT2D eigenvalue weighted by atomic mass is 127. The largest absolute Gasteiger partial charge is 0.460 e. The molecule has 6 heteroatoms. The average Bonchev–Trinajstić information content (AvgIpc) is 2.55. The molecule has 0 radical (unpaired) electrons. The third kappa shape index (κ3) is 5.04. The van der Waals surface area contributed by atoms with Gasteiger partial charge in [0.15, 0.2) is 0 Å². The van der Waals surface area contributed by atoms with Crippen LogP contribution in [-0.4, -0.2) is 32.3 Å². The number of halogens is 1. The van der Waals surface area contributed by atoms with Gasteiger partial charge in [0.1, 0.15) is 12.4 Å². The second-order valence-electron chi connectivity index (χ2n) is 4.53. The fourth-order valence-electron chi connectivity index (χ4n) is 1.78. The molecule has 0 saturated carbocycles. The fraction of sp³-hybridized carbons (Fsp3) is 0.176. The molecule has 0 aliphatic heterocycles. The molecule has 0 unspecified atom stereocenters. The zero-order valence-corrected chi connectivity index (χ0v) is 14.6. The second-order valence-corrected chi connectivity index (χ2v) is 5.69. The fourth-order valence-corrected chi connectivity index (χ4v) is 2.38. The molecule has 120 valence electrons. The minimum atomic E-state index is -0.491. The van der Waals surface area contributed by atoms with Crippen molar-refractivity contribution < 1.29 is 23.8 Å². The normalized spacial score (nSPS) is 10.2. The van der Waals surface area contributed by atoms with Crippen molar-refractivity contribution in [1.29, 1.82) is 0 Å². The first kappa shape index (κ1) is 17.4. The lowest BCUT2D eigenvalue weighted by molar-refractivity contribution is 0.0387. The summed E-state index contributed by atoms with van der Waals surface area (Å²) >= 11 is 2.07. The van der Waals surface area contributed by atoms with E-state index in [-0.39, 0.29) is 12.4 Å². The Kier molecular flexibility index (Phi) is 6.54. The van der Waals surface area contributed by atoms with E-state index in [9.17, 15) is 9.59 Å². The van der Waals surface area contributed by atoms with Gasteiger partial charge in [0, 0.05) is 10.7 Å². The van der Waals surface area contributed by atoms with Gasteiger partial charge >= 0.3 is 11.9 Å². The maximum absolute atomic E-state index is 12.2. The van der Waals surface area contributed by atoms with Crippen molar-refractivity contribution in [3.63, 3.8) is 0 Å². The molecule has 0 spiro atoms. The van der Waals surface area contributed by atoms with Gasteiger partial charge in [-0.15, -0.1) is 0 Å². The van der Waals surface area contributed by atoms with Crippen LogP contribution in [0.2, 0.25) is 0 Å². The molecule has 0 saturated heterocycles. The van der Waals surface area contributed by atoms with Crippen LogP contribution in [0.5, 0.6) is 5.75 Å². The van der Waals surface area contributed by atoms with E-state index in [0.29, 0.717) is 17.7 Å². The Morgan fingerprint density at radius 3 is 2.52 bits per heavy atom. The van der Waals surface area contributed by atoms with Crippen molar-refractivity contribution in [1.82, 2.24) is 0 Å². The van der Waals surface area contributed by atoms with Crippen LogP contribution in [0.1, 0.15) is 20.7 Å². The highest BCUT2D eigenvalue weighted by Gasteiger charge is 2.13. The van der Waals surface area contributed by atoms with Crippen LogP contribution in [0.3, 0.4) is 0 Å². The first-order valence-corrected chi connectivity index (χ1v) is 7.92. The first-order chi connectivity index (χ1) is 11.1. The maximum Gasteiger partial charge on any atom is 0.344 e. The number of hydrogen-bond donors (Lipinski definition) is 0. The second kappa shape index (κ2) is 8.64. The minimum Gasteiger partial charge on any atom is -0.460 e. The van der Waals surface area contributed by atoms with Gasteiger partial charge < -0.3 is 14.2 Å². The Hall–Kier alpha value is -1.93. The summed E-state index contributed by atoms with van der Waals surface area (Å²) in [6.07, 6.45) is 0. The van der Waals surface area contributed by atoms with E-state index in [1.165, 1.54) is 13.2 Å². The Morgan fingerprint density at radius 2 is 1.78 bits per heavy atom. The quantitative estimate of drug-likeness (QED) is 0.307. The molecule has 23 heavy (non-hydrogen) atoms. The standard InChI is InChI=1S/C17H15IO5/c1-21-9-10-22-16(19)12-5-4-6-13(11-12)23-17(20)14-7-2-3-8-15(14)18/h2-8,11H,9-10H2,1H3. The van der Waals surface area contributed by atoms with Crippen molar-refractivity contribution in [2.45, 2.75) is 0 Å². The lowest BCUT2D eigenvalue weighted by Gasteiger charge is -2.08. The molecule has 0 aliphatic carbocycles. The summed E-state index contributed by atoms with van der Waals surface area (Å²) in [7, 11) is 1.53. The summed E-state index contributed by atoms with van der Waals surface area (Å²) in [6, 6.07) is 13.4. The molecular formula is C17H15IO5. The molecule has 2 aromatic carbocycles. The van der Waals surface area contributed by atoms with Crippen molar-refractivity contribution in [2.75, 3.05) is 20.3 Å². The van der Waals surface area contributed by atoms with Crippen LogP contribution in [0.4, 0.5) is 0 Å². The lowest BCUT2D eigenvalue weighted by Crippen LogP contribution is -2.12. The maximum atomic E-state index is 12.2. The van der Waals surface area contributed by atoms with Crippen molar-refractivity contribution in [3.8, 4) is 5.75 Å². The Labute approximate surface area is 147 Å². The van der Waals surface area contributed by atoms with E-state index < -0.39 is 11.9 Å². The summed E-state index contributed by atoms with van der Waals surface area (Å²) in [4.78, 5) is 24.0. The van der Waals surface area contributed by atoms with Crippen LogP contribution < -0.4 is 4.74 Å². The summed E-state index contributed by atoms with van der Waals surface area (Å²) in [5.74, 6) is -0.676. The summed E-state index contributed by atoms with van der Waals surface area (Å²) < 4.78 is 16.0. The van der Waals surface area contributed by atoms with Crippen LogP contribution in [0.15, 0.2) is 48.5 Å². The molecule has 0 aliphatic rings. The zero-order chi connectivity index (χ0) is 16.7. The van der Waals surface area contributed by atoms with E-state index in [1.807, 2.05) is 12.1 Å². The highest BCUT2D eigenvalue weighted by molar-refractivity contribution is 14.1. The van der Waals surface area contributed by atoms with E-state index in [1.54, 1.807) is 30.3 Å². The van der Waals surface area contributed by atoms with E-state index in [0.717, 1.165) is 3.57 Å². The van der Waals surface area contributed by atoms with Crippen LogP contribution in [-0.2, 0) is 9.47 Å². The molecule has 0 fully saturated rings. The number of ether oxygens (including phenoxy) is 3. The van der Waals surface area contributed by atoms with Crippen LogP contribution in [0.25, 0.3) is 0 Å². The van der Waals surface area contributed by atoms with Gasteiger partial charge in [-0.1, -0.05) is 18.2 Å². The number of carbonyl (C=O) groups is 2. The molecule has 5 nitrogen and oxygen atoms in total. The van der Waals surface area contributed by atoms with Gasteiger partial charge in [-0.05, 0) is 52.9 Å². The van der Waals surface area contributed by atoms with Crippen LogP contribution in [0, 0.1) is 3.57 Å². The lowest BCUT2D eigenvalue weighted by atomic mass is 10.2. The molecule has 0 aromatic heterocycles. The van der Waals surface area contributed by atoms with Gasteiger partial charge in [0.05, 0.1) is 17.7 Å². The number of esters is 2. The highest BCUT2D eigenvalue weighted by Crippen LogP contribution is 2.18. The Morgan fingerprint density at radius 1 is 1.00 bits per heavy atom. The molecular weight excluding hydrogens is 411 g/mol. The molecule has 2 aromatic rings. The number of hydrogen-bond acceptors (Lipinski definition) is 5. The Balaban J connectivity index is 2.07. The van der Waals surface area contributed by atoms with Gasteiger partial charge in [-0.2, -0.15) is 0 Å². The van der Waals surface area contributed by atoms with Crippen LogP contribution >= 0.6 is 22.6 Å². The summed E-state index contributed by atoms with van der Waals surface area (Å²) in [5, 5.41) is 0. The Bertz CT molecular complexity index is 699. The van der Waals surface area contributed by atoms with E-state index in [4.69, 9.17) is 14.2 Å². The number of rotatable bonds is 6. The number of carbonyl (C=O) groups excluding carboxylic acids is 2. The first-order valence-electron chi connectivity index (χ1n) is 6.84. The van der Waals surface area contributed by atoms with Gasteiger partial charge in [0.2, 0.25) is 0 Å². The monoisotopic (exact) mass is 426 g/mol. The molecule has 0 N–H and O–H groups in total. The topological polar surface area (TPSA) is 61.8 Å². The SMILES string of the molecule is COCCOC(=O)c1cccc(OC(=O)c2ccccc2I)c1. The summed E-state index contributed by atoms with van der Waals surface area (Å²) in [6.45, 7) is 0.494. The zero-order valence-electron chi connectivity index (χ0n) is 12.5. The third-order valence-corrected chi connectivity index (χ3v) is 3.84. The predicted octanol–water partition coefficient (Wildman–Crippen LogP) is 3.31. The molecule has 2 rings (SSSR count). The number of methoxy groups -OCH3 is 1. The average molecular weight is 426 g/mol.